The van der Waals surface area contributed by atoms with Crippen molar-refractivity contribution in [1.82, 2.24) is 9.78 Å². The summed E-state index contributed by atoms with van der Waals surface area (Å²) in [4.78, 5) is 12.1. The second kappa shape index (κ2) is 8.50. The van der Waals surface area contributed by atoms with Gasteiger partial charge in [0.05, 0.1) is 29.3 Å². The number of thioether (sulfide) groups is 1. The minimum atomic E-state index is -0.593. The Labute approximate surface area is 182 Å². The lowest BCUT2D eigenvalue weighted by atomic mass is 10.1. The Bertz CT molecular complexity index is 1220. The largest absolute Gasteiger partial charge is 0.345 e. The highest BCUT2D eigenvalue weighted by atomic mass is 32.2. The Morgan fingerprint density at radius 3 is 2.39 bits per heavy atom. The van der Waals surface area contributed by atoms with Crippen LogP contribution in [0.25, 0.3) is 16.6 Å². The highest BCUT2D eigenvalue weighted by molar-refractivity contribution is 7.98. The van der Waals surface area contributed by atoms with Gasteiger partial charge in [-0.3, -0.25) is 10.1 Å². The fraction of sp³-hybridized carbons (Fsp3) is 0.174. The van der Waals surface area contributed by atoms with Gasteiger partial charge in [-0.1, -0.05) is 48.5 Å². The minimum Gasteiger partial charge on any atom is -0.345 e. The van der Waals surface area contributed by atoms with E-state index in [0.29, 0.717) is 30.2 Å². The predicted octanol–water partition coefficient (Wildman–Crippen LogP) is 5.27. The van der Waals surface area contributed by atoms with E-state index in [1.54, 1.807) is 28.6 Å². The molecule has 4 aromatic rings. The number of ether oxygens (including phenoxy) is 2. The third-order valence-corrected chi connectivity index (χ3v) is 6.16. The summed E-state index contributed by atoms with van der Waals surface area (Å²) in [5.41, 5.74) is 3.28. The van der Waals surface area contributed by atoms with Gasteiger partial charge in [0.1, 0.15) is 5.69 Å². The maximum absolute atomic E-state index is 11.7. The number of nitro groups is 1. The molecule has 0 amide bonds. The molecule has 1 aliphatic rings. The molecule has 0 radical (unpaired) electrons. The number of fused-ring (bicyclic) bond motifs is 1. The fourth-order valence-corrected chi connectivity index (χ4v) is 4.70. The van der Waals surface area contributed by atoms with Crippen LogP contribution < -0.4 is 0 Å². The van der Waals surface area contributed by atoms with Gasteiger partial charge in [-0.15, -0.1) is 11.8 Å². The number of hydrogen-bond acceptors (Lipinski definition) is 6. The van der Waals surface area contributed by atoms with Crippen LogP contribution in [0.2, 0.25) is 0 Å². The molecule has 5 rings (SSSR count). The van der Waals surface area contributed by atoms with E-state index in [0.717, 1.165) is 21.5 Å². The number of rotatable bonds is 6. The number of nitrogens with zero attached hydrogens (tertiary/aromatic N) is 3. The summed E-state index contributed by atoms with van der Waals surface area (Å²) in [7, 11) is 0. The molecule has 1 aliphatic heterocycles. The Morgan fingerprint density at radius 1 is 1.03 bits per heavy atom. The van der Waals surface area contributed by atoms with Gasteiger partial charge in [-0.05, 0) is 17.7 Å². The number of aromatic nitrogens is 2. The van der Waals surface area contributed by atoms with Crippen LogP contribution in [-0.2, 0) is 15.2 Å². The Hall–Kier alpha value is -3.20. The molecule has 0 spiro atoms. The number of hydrogen-bond donors (Lipinski definition) is 0. The van der Waals surface area contributed by atoms with E-state index in [4.69, 9.17) is 14.6 Å². The molecule has 1 fully saturated rings. The molecule has 0 saturated carbocycles. The summed E-state index contributed by atoms with van der Waals surface area (Å²) in [6.07, 6.45) is -0.593. The smallest absolute Gasteiger partial charge is 0.272 e. The first-order valence-corrected chi connectivity index (χ1v) is 10.9. The van der Waals surface area contributed by atoms with Crippen LogP contribution in [0.5, 0.6) is 0 Å². The lowest BCUT2D eigenvalue weighted by molar-refractivity contribution is -0.384. The minimum absolute atomic E-state index is 0.0277. The zero-order valence-corrected chi connectivity index (χ0v) is 17.3. The molecule has 1 saturated heterocycles. The van der Waals surface area contributed by atoms with E-state index >= 15 is 0 Å². The van der Waals surface area contributed by atoms with Gasteiger partial charge in [0.2, 0.25) is 6.29 Å². The van der Waals surface area contributed by atoms with Crippen molar-refractivity contribution in [2.24, 2.45) is 0 Å². The Balaban J connectivity index is 1.70. The average molecular weight is 433 g/mol. The molecule has 0 atom stereocenters. The van der Waals surface area contributed by atoms with Crippen molar-refractivity contribution >= 4 is 28.4 Å². The topological polar surface area (TPSA) is 79.4 Å². The molecule has 1 aromatic heterocycles. The van der Waals surface area contributed by atoms with Crippen LogP contribution in [-0.4, -0.2) is 27.9 Å². The first-order chi connectivity index (χ1) is 15.2. The molecule has 0 N–H and O–H groups in total. The highest BCUT2D eigenvalue weighted by Gasteiger charge is 2.29. The number of non-ortho nitro benzene ring substituents is 1. The van der Waals surface area contributed by atoms with E-state index < -0.39 is 6.29 Å². The van der Waals surface area contributed by atoms with Crippen LogP contribution in [0.15, 0.2) is 77.7 Å². The fourth-order valence-electron chi connectivity index (χ4n) is 3.62. The van der Waals surface area contributed by atoms with Gasteiger partial charge >= 0.3 is 0 Å². The molecule has 7 nitrogen and oxygen atoms in total. The molecule has 3 aromatic carbocycles. The van der Waals surface area contributed by atoms with E-state index in [-0.39, 0.29) is 10.6 Å². The average Bonchev–Trinajstić information content (AvgIpc) is 3.46. The summed E-state index contributed by atoms with van der Waals surface area (Å²) in [6, 6.07) is 22.8. The predicted molar refractivity (Wildman–Crippen MR) is 118 cm³/mol. The second-order valence-electron chi connectivity index (χ2n) is 7.08. The second-order valence-corrected chi connectivity index (χ2v) is 8.09. The summed E-state index contributed by atoms with van der Waals surface area (Å²) >= 11 is 1.55. The first-order valence-electron chi connectivity index (χ1n) is 9.87. The van der Waals surface area contributed by atoms with Crippen LogP contribution in [0.1, 0.15) is 17.5 Å². The van der Waals surface area contributed by atoms with E-state index in [1.165, 1.54) is 0 Å². The first kappa shape index (κ1) is 19.7. The zero-order chi connectivity index (χ0) is 21.2. The normalized spacial score (nSPS) is 14.3. The van der Waals surface area contributed by atoms with Crippen LogP contribution in [0.3, 0.4) is 0 Å². The van der Waals surface area contributed by atoms with Gasteiger partial charge in [0.15, 0.2) is 0 Å². The van der Waals surface area contributed by atoms with Crippen LogP contribution in [0, 0.1) is 10.1 Å². The molecular formula is C23H19N3O4S. The van der Waals surface area contributed by atoms with Crippen molar-refractivity contribution in [1.29, 1.82) is 0 Å². The summed E-state index contributed by atoms with van der Waals surface area (Å²) in [5.74, 6) is 0.680. The van der Waals surface area contributed by atoms with Crippen molar-refractivity contribution in [3.8, 4) is 5.69 Å². The van der Waals surface area contributed by atoms with E-state index in [9.17, 15) is 10.1 Å². The van der Waals surface area contributed by atoms with Crippen molar-refractivity contribution in [3.63, 3.8) is 0 Å². The van der Waals surface area contributed by atoms with Gasteiger partial charge in [0.25, 0.3) is 5.69 Å². The van der Waals surface area contributed by atoms with Crippen molar-refractivity contribution < 1.29 is 14.4 Å². The third kappa shape index (κ3) is 3.93. The lowest BCUT2D eigenvalue weighted by Crippen LogP contribution is -2.02. The van der Waals surface area contributed by atoms with Crippen LogP contribution in [0.4, 0.5) is 5.69 Å². The van der Waals surface area contributed by atoms with Crippen LogP contribution >= 0.6 is 11.8 Å². The van der Waals surface area contributed by atoms with E-state index in [1.807, 2.05) is 60.7 Å². The Kier molecular flexibility index (Phi) is 5.42. The Morgan fingerprint density at radius 2 is 1.71 bits per heavy atom. The van der Waals surface area contributed by atoms with Crippen molar-refractivity contribution in [2.75, 3.05) is 13.2 Å². The molecule has 0 bridgehead atoms. The van der Waals surface area contributed by atoms with Gasteiger partial charge < -0.3 is 9.47 Å². The van der Waals surface area contributed by atoms with Crippen molar-refractivity contribution in [3.05, 3.63) is 94.2 Å². The molecule has 8 heteroatoms. The van der Waals surface area contributed by atoms with Gasteiger partial charge in [-0.2, -0.15) is 5.10 Å². The van der Waals surface area contributed by atoms with Gasteiger partial charge in [-0.25, -0.2) is 4.68 Å². The standard InChI is InChI=1S/C23H19N3O4S/c27-26(28)18-13-19-21(20(14-18)31-15-16-7-3-1-4-8-16)22(23-29-11-12-30-23)24-25(19)17-9-5-2-6-10-17/h1-10,13-14,23H,11-12,15H2. The third-order valence-electron chi connectivity index (χ3n) is 5.05. The number of nitro benzene ring substituents is 1. The number of benzene rings is 3. The quantitative estimate of drug-likeness (QED) is 0.234. The summed E-state index contributed by atoms with van der Waals surface area (Å²) < 4.78 is 13.2. The zero-order valence-electron chi connectivity index (χ0n) is 16.5. The summed E-state index contributed by atoms with van der Waals surface area (Å²) in [5, 5.41) is 17.3. The SMILES string of the molecule is O=[N+]([O-])c1cc(SCc2ccccc2)c2c(C3OCCO3)nn(-c3ccccc3)c2c1. The maximum atomic E-state index is 11.7. The van der Waals surface area contributed by atoms with E-state index in [2.05, 4.69) is 0 Å². The molecule has 2 heterocycles. The highest BCUT2D eigenvalue weighted by Crippen LogP contribution is 2.40. The monoisotopic (exact) mass is 433 g/mol. The van der Waals surface area contributed by atoms with Crippen molar-refractivity contribution in [2.45, 2.75) is 16.9 Å². The molecule has 0 unspecified atom stereocenters. The number of para-hydroxylation sites is 1. The molecule has 156 valence electrons. The maximum Gasteiger partial charge on any atom is 0.272 e. The molecule has 31 heavy (non-hydrogen) atoms. The lowest BCUT2D eigenvalue weighted by Gasteiger charge is -2.09. The summed E-state index contributed by atoms with van der Waals surface area (Å²) in [6.45, 7) is 0.980. The molecular weight excluding hydrogens is 414 g/mol. The van der Waals surface area contributed by atoms with Gasteiger partial charge in [0, 0.05) is 28.2 Å². The molecule has 0 aliphatic carbocycles.